The van der Waals surface area contributed by atoms with Crippen LogP contribution < -0.4 is 5.73 Å². The Bertz CT molecular complexity index is 537. The number of nitrogens with zero attached hydrogens (tertiary/aromatic N) is 3. The highest BCUT2D eigenvalue weighted by molar-refractivity contribution is 7.89. The van der Waals surface area contributed by atoms with Crippen LogP contribution in [-0.4, -0.2) is 46.8 Å². The largest absolute Gasteiger partial charge is 0.392 e. The fraction of sp³-hybridized carbons (Fsp3) is 0.667. The minimum Gasteiger partial charge on any atom is -0.392 e. The Morgan fingerprint density at radius 3 is 2.59 bits per heavy atom. The second-order valence-electron chi connectivity index (χ2n) is 4.23. The third kappa shape index (κ3) is 1.92. The third-order valence-corrected chi connectivity index (χ3v) is 5.06. The predicted octanol–water partition coefficient (Wildman–Crippen LogP) is -0.934. The van der Waals surface area contributed by atoms with E-state index in [0.717, 1.165) is 0 Å². The Balaban J connectivity index is 2.45. The molecular weight excluding hydrogens is 244 g/mol. The van der Waals surface area contributed by atoms with Crippen LogP contribution in [0.3, 0.4) is 0 Å². The van der Waals surface area contributed by atoms with E-state index in [1.165, 1.54) is 8.99 Å². The molecule has 8 heteroatoms. The highest BCUT2D eigenvalue weighted by Crippen LogP contribution is 2.27. The van der Waals surface area contributed by atoms with Crippen LogP contribution in [-0.2, 0) is 17.1 Å². The lowest BCUT2D eigenvalue weighted by Gasteiger charge is -2.15. The highest BCUT2D eigenvalue weighted by Gasteiger charge is 2.35. The molecule has 2 heterocycles. The van der Waals surface area contributed by atoms with E-state index in [1.54, 1.807) is 14.0 Å². The van der Waals surface area contributed by atoms with Gasteiger partial charge >= 0.3 is 0 Å². The summed E-state index contributed by atoms with van der Waals surface area (Å²) in [5, 5.41) is 13.3. The summed E-state index contributed by atoms with van der Waals surface area (Å²) in [5.41, 5.74) is 6.13. The van der Waals surface area contributed by atoms with Crippen molar-refractivity contribution < 1.29 is 13.5 Å². The van der Waals surface area contributed by atoms with Gasteiger partial charge in [-0.1, -0.05) is 0 Å². The van der Waals surface area contributed by atoms with Gasteiger partial charge in [-0.25, -0.2) is 8.42 Å². The van der Waals surface area contributed by atoms with Crippen LogP contribution in [0.25, 0.3) is 0 Å². The first-order valence-corrected chi connectivity index (χ1v) is 6.75. The van der Waals surface area contributed by atoms with Crippen molar-refractivity contribution >= 4 is 15.8 Å². The third-order valence-electron chi connectivity index (χ3n) is 3.03. The Kier molecular flexibility index (Phi) is 2.88. The first kappa shape index (κ1) is 12.3. The van der Waals surface area contributed by atoms with Gasteiger partial charge in [-0.3, -0.25) is 4.68 Å². The van der Waals surface area contributed by atoms with Gasteiger partial charge in [0.1, 0.15) is 4.90 Å². The lowest BCUT2D eigenvalue weighted by atomic mass is 10.3. The number of hydrogen-bond donors (Lipinski definition) is 2. The van der Waals surface area contributed by atoms with Crippen LogP contribution in [0.2, 0.25) is 0 Å². The van der Waals surface area contributed by atoms with Crippen LogP contribution in [0, 0.1) is 6.92 Å². The van der Waals surface area contributed by atoms with E-state index in [2.05, 4.69) is 5.10 Å². The van der Waals surface area contributed by atoms with Crippen LogP contribution in [0.5, 0.6) is 0 Å². The monoisotopic (exact) mass is 260 g/mol. The molecule has 0 saturated carbocycles. The van der Waals surface area contributed by atoms with E-state index < -0.39 is 16.1 Å². The van der Waals surface area contributed by atoms with Crippen LogP contribution in [0.1, 0.15) is 12.1 Å². The van der Waals surface area contributed by atoms with Gasteiger partial charge in [-0.15, -0.1) is 0 Å². The molecule has 17 heavy (non-hydrogen) atoms. The quantitative estimate of drug-likeness (QED) is 0.715. The Morgan fingerprint density at radius 1 is 1.53 bits per heavy atom. The lowest BCUT2D eigenvalue weighted by molar-refractivity contribution is 0.189. The van der Waals surface area contributed by atoms with Crippen molar-refractivity contribution in [3.8, 4) is 0 Å². The molecule has 0 aromatic carbocycles. The first-order valence-electron chi connectivity index (χ1n) is 5.31. The Labute approximate surface area is 99.9 Å². The molecule has 0 radical (unpaired) electrons. The van der Waals surface area contributed by atoms with Gasteiger partial charge in [0, 0.05) is 20.1 Å². The molecule has 1 aliphatic rings. The van der Waals surface area contributed by atoms with Crippen LogP contribution in [0.15, 0.2) is 4.90 Å². The fourth-order valence-electron chi connectivity index (χ4n) is 1.99. The molecule has 3 N–H and O–H groups in total. The molecule has 1 aliphatic heterocycles. The second-order valence-corrected chi connectivity index (χ2v) is 6.10. The summed E-state index contributed by atoms with van der Waals surface area (Å²) in [6, 6.07) is 0. The van der Waals surface area contributed by atoms with Gasteiger partial charge < -0.3 is 10.8 Å². The van der Waals surface area contributed by atoms with E-state index in [1.807, 2.05) is 0 Å². The Morgan fingerprint density at radius 2 is 2.18 bits per heavy atom. The first-order chi connectivity index (χ1) is 7.84. The number of sulfonamides is 1. The summed E-state index contributed by atoms with van der Waals surface area (Å²) in [4.78, 5) is 0.0501. The zero-order valence-corrected chi connectivity index (χ0v) is 10.6. The van der Waals surface area contributed by atoms with Crippen molar-refractivity contribution in [2.75, 3.05) is 18.8 Å². The van der Waals surface area contributed by atoms with E-state index in [-0.39, 0.29) is 17.3 Å². The predicted molar refractivity (Wildman–Crippen MR) is 61.7 cm³/mol. The van der Waals surface area contributed by atoms with Crippen molar-refractivity contribution in [2.24, 2.45) is 7.05 Å². The van der Waals surface area contributed by atoms with Gasteiger partial charge in [-0.2, -0.15) is 9.40 Å². The molecule has 1 aromatic heterocycles. The molecular formula is C9H16N4O3S. The maximum atomic E-state index is 12.3. The zero-order valence-electron chi connectivity index (χ0n) is 9.79. The van der Waals surface area contributed by atoms with Crippen molar-refractivity contribution in [3.05, 3.63) is 5.69 Å². The number of aliphatic hydroxyl groups excluding tert-OH is 1. The number of β-amino-alcohol motifs (C(OH)–C–C–N with tert-alkyl or cyclic N) is 1. The van der Waals surface area contributed by atoms with Crippen molar-refractivity contribution in [2.45, 2.75) is 24.3 Å². The van der Waals surface area contributed by atoms with E-state index in [0.29, 0.717) is 18.7 Å². The summed E-state index contributed by atoms with van der Waals surface area (Å²) in [6.45, 7) is 2.09. The molecule has 2 rings (SSSR count). The van der Waals surface area contributed by atoms with Gasteiger partial charge in [0.2, 0.25) is 10.0 Å². The van der Waals surface area contributed by atoms with Gasteiger partial charge in [0.05, 0.1) is 11.8 Å². The molecule has 0 amide bonds. The van der Waals surface area contributed by atoms with Crippen LogP contribution >= 0.6 is 0 Å². The molecule has 7 nitrogen and oxygen atoms in total. The summed E-state index contributed by atoms with van der Waals surface area (Å²) >= 11 is 0. The molecule has 0 aliphatic carbocycles. The number of anilines is 1. The molecule has 0 spiro atoms. The summed E-state index contributed by atoms with van der Waals surface area (Å²) in [5.74, 6) is 0.00592. The number of hydrogen-bond acceptors (Lipinski definition) is 5. The summed E-state index contributed by atoms with van der Waals surface area (Å²) < 4.78 is 27.3. The summed E-state index contributed by atoms with van der Waals surface area (Å²) in [7, 11) is -2.00. The highest BCUT2D eigenvalue weighted by atomic mass is 32.2. The minimum atomic E-state index is -3.65. The maximum absolute atomic E-state index is 12.3. The normalized spacial score (nSPS) is 22.2. The molecule has 1 saturated heterocycles. The standard InChI is InChI=1S/C9H16N4O3S/c1-6-8(9(10)11-12(6)2)17(15,16)13-4-3-7(14)5-13/h7,14H,3-5H2,1-2H3,(H2,10,11)/t7-/m0/s1. The number of aliphatic hydroxyl groups is 1. The van der Waals surface area contributed by atoms with E-state index >= 15 is 0 Å². The lowest BCUT2D eigenvalue weighted by Crippen LogP contribution is -2.30. The minimum absolute atomic E-state index is 0.00592. The fourth-order valence-corrected chi connectivity index (χ4v) is 3.77. The maximum Gasteiger partial charge on any atom is 0.248 e. The van der Waals surface area contributed by atoms with Crippen molar-refractivity contribution in [1.29, 1.82) is 0 Å². The smallest absolute Gasteiger partial charge is 0.248 e. The average molecular weight is 260 g/mol. The number of aryl methyl sites for hydroxylation is 1. The zero-order chi connectivity index (χ0) is 12.8. The van der Waals surface area contributed by atoms with Gasteiger partial charge in [0.15, 0.2) is 5.82 Å². The van der Waals surface area contributed by atoms with E-state index in [4.69, 9.17) is 5.73 Å². The summed E-state index contributed by atoms with van der Waals surface area (Å²) in [6.07, 6.45) is -0.138. The SMILES string of the molecule is Cc1c(S(=O)(=O)N2CC[C@H](O)C2)c(N)nn1C. The van der Waals surface area contributed by atoms with Crippen LogP contribution in [0.4, 0.5) is 5.82 Å². The van der Waals surface area contributed by atoms with Gasteiger partial charge in [0.25, 0.3) is 0 Å². The molecule has 0 bridgehead atoms. The number of nitrogen functional groups attached to an aromatic ring is 1. The Hall–Kier alpha value is -1.12. The molecule has 0 unspecified atom stereocenters. The molecule has 1 atom stereocenters. The number of nitrogens with two attached hydrogens (primary N) is 1. The number of aromatic nitrogens is 2. The average Bonchev–Trinajstić information content (AvgIpc) is 2.73. The van der Waals surface area contributed by atoms with E-state index in [9.17, 15) is 13.5 Å². The topological polar surface area (TPSA) is 101 Å². The number of rotatable bonds is 2. The van der Waals surface area contributed by atoms with Gasteiger partial charge in [-0.05, 0) is 13.3 Å². The van der Waals surface area contributed by atoms with Crippen molar-refractivity contribution in [1.82, 2.24) is 14.1 Å². The molecule has 1 fully saturated rings. The second kappa shape index (κ2) is 3.97. The molecule has 1 aromatic rings. The van der Waals surface area contributed by atoms with Crippen molar-refractivity contribution in [3.63, 3.8) is 0 Å². The molecule has 96 valence electrons.